The van der Waals surface area contributed by atoms with E-state index >= 15 is 0 Å². The first-order chi connectivity index (χ1) is 18.7. The molecule has 1 unspecified atom stereocenters. The number of pyridine rings is 2. The van der Waals surface area contributed by atoms with Gasteiger partial charge in [-0.05, 0) is 56.7 Å². The van der Waals surface area contributed by atoms with Crippen molar-refractivity contribution in [2.45, 2.75) is 26.9 Å². The first kappa shape index (κ1) is 26.0. The molecule has 11 nitrogen and oxygen atoms in total. The Balaban J connectivity index is 1.65. The van der Waals surface area contributed by atoms with Crippen LogP contribution in [0.1, 0.15) is 29.7 Å². The zero-order valence-corrected chi connectivity index (χ0v) is 22.4. The van der Waals surface area contributed by atoms with Crippen molar-refractivity contribution < 1.29 is 23.2 Å². The lowest BCUT2D eigenvalue weighted by molar-refractivity contribution is 0.227. The van der Waals surface area contributed by atoms with Crippen LogP contribution in [-0.2, 0) is 0 Å². The number of benzene rings is 1. The average molecular weight is 551 g/mol. The molecule has 5 rings (SSSR count). The topological polar surface area (TPSA) is 143 Å². The first-order valence-electron chi connectivity index (χ1n) is 11.8. The highest BCUT2D eigenvalue weighted by molar-refractivity contribution is 6.29. The summed E-state index contributed by atoms with van der Waals surface area (Å²) in [6, 6.07) is 8.50. The van der Waals surface area contributed by atoms with Gasteiger partial charge >= 0.3 is 5.76 Å². The Morgan fingerprint density at radius 1 is 1.05 bits per heavy atom. The SMILES string of the molecule is COc1cc(-c2oc3c(C(C)Oc4ccc(Cl)nc4-c4noc(=O)[nH]4)cc(C)cc3c(=O)c2C)cnc1OC. The van der Waals surface area contributed by atoms with Gasteiger partial charge in [0.25, 0.3) is 5.88 Å². The maximum atomic E-state index is 13.5. The molecule has 0 bridgehead atoms. The number of nitrogens with zero attached hydrogens (tertiary/aromatic N) is 3. The summed E-state index contributed by atoms with van der Waals surface area (Å²) in [6.07, 6.45) is 0.923. The standard InChI is InChI=1S/C27H23ClN4O7/c1-12-8-16(14(3)37-18-6-7-20(28)30-21(18)25-31-27(34)39-32-25)24-17(9-12)22(33)13(2)23(38-24)15-10-19(35-4)26(36-5)29-11-15/h6-11,14H,1-5H3,(H,31,32,34). The Labute approximate surface area is 226 Å². The summed E-state index contributed by atoms with van der Waals surface area (Å²) in [5.41, 5.74) is 2.77. The van der Waals surface area contributed by atoms with Gasteiger partial charge < -0.3 is 18.6 Å². The molecule has 4 aromatic heterocycles. The maximum absolute atomic E-state index is 13.5. The van der Waals surface area contributed by atoms with E-state index in [1.165, 1.54) is 14.2 Å². The molecular formula is C27H23ClN4O7. The summed E-state index contributed by atoms with van der Waals surface area (Å²) in [4.78, 5) is 36.0. The fourth-order valence-corrected chi connectivity index (χ4v) is 4.42. The lowest BCUT2D eigenvalue weighted by Gasteiger charge is -2.19. The third kappa shape index (κ3) is 4.84. The van der Waals surface area contributed by atoms with E-state index < -0.39 is 11.9 Å². The van der Waals surface area contributed by atoms with Gasteiger partial charge in [-0.2, -0.15) is 0 Å². The highest BCUT2D eigenvalue weighted by atomic mass is 35.5. The van der Waals surface area contributed by atoms with E-state index in [9.17, 15) is 9.59 Å². The number of ether oxygens (including phenoxy) is 3. The number of H-pyrrole nitrogens is 1. The van der Waals surface area contributed by atoms with Gasteiger partial charge in [0.2, 0.25) is 5.82 Å². The third-order valence-corrected chi connectivity index (χ3v) is 6.33. The molecule has 0 aliphatic heterocycles. The van der Waals surface area contributed by atoms with Crippen LogP contribution in [0.25, 0.3) is 33.8 Å². The number of hydrogen-bond donors (Lipinski definition) is 1. The molecule has 0 aliphatic rings. The predicted molar refractivity (Wildman–Crippen MR) is 143 cm³/mol. The van der Waals surface area contributed by atoms with Gasteiger partial charge in [-0.1, -0.05) is 16.8 Å². The van der Waals surface area contributed by atoms with Gasteiger partial charge in [-0.3, -0.25) is 14.3 Å². The van der Waals surface area contributed by atoms with Crippen molar-refractivity contribution in [3.63, 3.8) is 0 Å². The molecular weight excluding hydrogens is 528 g/mol. The minimum Gasteiger partial charge on any atom is -0.491 e. The summed E-state index contributed by atoms with van der Waals surface area (Å²) < 4.78 is 27.9. The van der Waals surface area contributed by atoms with Crippen LogP contribution in [0.3, 0.4) is 0 Å². The number of fused-ring (bicyclic) bond motifs is 1. The van der Waals surface area contributed by atoms with Gasteiger partial charge in [0.05, 0.1) is 19.6 Å². The summed E-state index contributed by atoms with van der Waals surface area (Å²) >= 11 is 6.09. The van der Waals surface area contributed by atoms with Crippen LogP contribution in [0.15, 0.2) is 55.1 Å². The molecule has 0 saturated heterocycles. The summed E-state index contributed by atoms with van der Waals surface area (Å²) in [5.74, 6) is 0.638. The number of aromatic nitrogens is 4. The molecule has 12 heteroatoms. The van der Waals surface area contributed by atoms with Crippen LogP contribution in [0, 0.1) is 13.8 Å². The summed E-state index contributed by atoms with van der Waals surface area (Å²) in [7, 11) is 2.99. The Bertz CT molecular complexity index is 1830. The number of rotatable bonds is 7. The lowest BCUT2D eigenvalue weighted by atomic mass is 10.00. The first-order valence-corrected chi connectivity index (χ1v) is 12.1. The fourth-order valence-electron chi connectivity index (χ4n) is 4.27. The van der Waals surface area contributed by atoms with Gasteiger partial charge in [0.1, 0.15) is 28.3 Å². The molecule has 0 spiro atoms. The molecule has 4 heterocycles. The van der Waals surface area contributed by atoms with Crippen LogP contribution in [-0.4, -0.2) is 34.3 Å². The Morgan fingerprint density at radius 2 is 1.85 bits per heavy atom. The number of aromatic amines is 1. The van der Waals surface area contributed by atoms with Crippen LogP contribution < -0.4 is 25.4 Å². The normalized spacial score (nSPS) is 11.9. The largest absolute Gasteiger partial charge is 0.491 e. The van der Waals surface area contributed by atoms with Crippen molar-refractivity contribution in [3.8, 4) is 40.2 Å². The lowest BCUT2D eigenvalue weighted by Crippen LogP contribution is -2.12. The monoisotopic (exact) mass is 550 g/mol. The zero-order valence-electron chi connectivity index (χ0n) is 21.6. The van der Waals surface area contributed by atoms with Gasteiger partial charge in [-0.25, -0.2) is 14.8 Å². The van der Waals surface area contributed by atoms with Crippen molar-refractivity contribution in [2.24, 2.45) is 0 Å². The molecule has 0 fully saturated rings. The second-order valence-corrected chi connectivity index (χ2v) is 9.12. The van der Waals surface area contributed by atoms with Gasteiger partial charge in [-0.15, -0.1) is 0 Å². The fraction of sp³-hybridized carbons (Fsp3) is 0.222. The molecule has 1 aromatic carbocycles. The maximum Gasteiger partial charge on any atom is 0.439 e. The summed E-state index contributed by atoms with van der Waals surface area (Å²) in [5, 5.41) is 4.27. The van der Waals surface area contributed by atoms with Crippen LogP contribution in [0.4, 0.5) is 0 Å². The number of aryl methyl sites for hydroxylation is 1. The van der Waals surface area contributed by atoms with Crippen molar-refractivity contribution in [3.05, 3.63) is 79.1 Å². The average Bonchev–Trinajstić information content (AvgIpc) is 3.37. The molecule has 0 radical (unpaired) electrons. The summed E-state index contributed by atoms with van der Waals surface area (Å²) in [6.45, 7) is 5.38. The van der Waals surface area contributed by atoms with E-state index in [4.69, 9.17) is 30.2 Å². The Morgan fingerprint density at radius 3 is 2.54 bits per heavy atom. The van der Waals surface area contributed by atoms with Crippen LogP contribution in [0.5, 0.6) is 17.4 Å². The van der Waals surface area contributed by atoms with Crippen molar-refractivity contribution in [1.82, 2.24) is 20.1 Å². The molecule has 0 aliphatic carbocycles. The number of halogens is 1. The molecule has 5 aromatic rings. The molecule has 39 heavy (non-hydrogen) atoms. The van der Waals surface area contributed by atoms with E-state index in [0.717, 1.165) is 5.56 Å². The van der Waals surface area contributed by atoms with Crippen molar-refractivity contribution >= 4 is 22.6 Å². The van der Waals surface area contributed by atoms with Gasteiger partial charge in [0.15, 0.2) is 16.9 Å². The van der Waals surface area contributed by atoms with E-state index in [-0.39, 0.29) is 27.8 Å². The van der Waals surface area contributed by atoms with Crippen LogP contribution in [0.2, 0.25) is 5.15 Å². The second kappa shape index (κ2) is 10.3. The Kier molecular flexibility index (Phi) is 6.83. The molecule has 0 saturated carbocycles. The minimum absolute atomic E-state index is 0.0594. The Hall–Kier alpha value is -4.64. The smallest absolute Gasteiger partial charge is 0.439 e. The predicted octanol–water partition coefficient (Wildman–Crippen LogP) is 5.02. The van der Waals surface area contributed by atoms with E-state index in [2.05, 4.69) is 24.6 Å². The van der Waals surface area contributed by atoms with Crippen molar-refractivity contribution in [1.29, 1.82) is 0 Å². The molecule has 1 atom stereocenters. The van der Waals surface area contributed by atoms with Crippen LogP contribution >= 0.6 is 11.6 Å². The number of nitrogens with one attached hydrogen (secondary N) is 1. The van der Waals surface area contributed by atoms with E-state index in [0.29, 0.717) is 45.0 Å². The quantitative estimate of drug-likeness (QED) is 0.274. The zero-order chi connectivity index (χ0) is 27.8. The number of methoxy groups -OCH3 is 2. The number of hydrogen-bond acceptors (Lipinski definition) is 10. The van der Waals surface area contributed by atoms with Gasteiger partial charge in [0, 0.05) is 22.9 Å². The minimum atomic E-state index is -0.746. The van der Waals surface area contributed by atoms with E-state index in [1.807, 2.05) is 13.0 Å². The van der Waals surface area contributed by atoms with Crippen molar-refractivity contribution in [2.75, 3.05) is 14.2 Å². The highest BCUT2D eigenvalue weighted by Gasteiger charge is 2.23. The highest BCUT2D eigenvalue weighted by Crippen LogP contribution is 2.36. The third-order valence-electron chi connectivity index (χ3n) is 6.12. The van der Waals surface area contributed by atoms with E-state index in [1.54, 1.807) is 44.3 Å². The second-order valence-electron chi connectivity index (χ2n) is 8.74. The molecule has 0 amide bonds. The molecule has 200 valence electrons. The molecule has 1 N–H and O–H groups in total.